The minimum atomic E-state index is -0.198. The molecular weight excluding hydrogens is 486 g/mol. The first kappa shape index (κ1) is 22.3. The van der Waals surface area contributed by atoms with Crippen LogP contribution in [0.25, 0.3) is 16.3 Å². The molecule has 0 spiro atoms. The Hall–Kier alpha value is -4.14. The minimum Gasteiger partial charge on any atom is -0.330 e. The quantitative estimate of drug-likeness (QED) is 0.215. The molecule has 5 aromatic rings. The number of hydrogen-bond acceptors (Lipinski definition) is 6. The first-order valence-corrected chi connectivity index (χ1v) is 13.1. The number of carbonyl (C=O) groups excluding carboxylic acids is 1. The molecule has 0 bridgehead atoms. The number of hydrogen-bond donors (Lipinski definition) is 1. The number of aromatic nitrogens is 2. The van der Waals surface area contributed by atoms with E-state index >= 15 is 0 Å². The number of nitrogens with zero attached hydrogens (tertiary/aromatic N) is 4. The molecule has 1 aliphatic heterocycles. The average molecular weight is 508 g/mol. The Labute approximate surface area is 216 Å². The van der Waals surface area contributed by atoms with E-state index in [1.165, 1.54) is 0 Å². The lowest BCUT2D eigenvalue weighted by atomic mass is 10.2. The summed E-state index contributed by atoms with van der Waals surface area (Å²) >= 11 is 3.33. The molecule has 0 saturated heterocycles. The van der Waals surface area contributed by atoms with Crippen molar-refractivity contribution in [3.8, 4) is 16.3 Å². The van der Waals surface area contributed by atoms with Gasteiger partial charge in [0.05, 0.1) is 28.2 Å². The van der Waals surface area contributed by atoms with E-state index in [4.69, 9.17) is 5.10 Å². The van der Waals surface area contributed by atoms with Crippen molar-refractivity contribution in [2.75, 3.05) is 11.4 Å². The SMILES string of the molecule is O=C(CN1c2ccccc2Sc2ccccc21)N/N=C/c1cn(-c2ccccc2)nc1-c1cccs1. The van der Waals surface area contributed by atoms with Gasteiger partial charge in [-0.05, 0) is 47.8 Å². The fourth-order valence-corrected chi connectivity index (χ4v) is 5.93. The zero-order chi connectivity index (χ0) is 24.3. The van der Waals surface area contributed by atoms with Gasteiger partial charge in [0.1, 0.15) is 12.2 Å². The molecule has 176 valence electrons. The molecular formula is C28H21N5OS2. The van der Waals surface area contributed by atoms with Crippen LogP contribution in [-0.2, 0) is 4.79 Å². The molecule has 0 saturated carbocycles. The summed E-state index contributed by atoms with van der Waals surface area (Å²) in [6.07, 6.45) is 3.59. The summed E-state index contributed by atoms with van der Waals surface area (Å²) in [7, 11) is 0. The maximum Gasteiger partial charge on any atom is 0.260 e. The van der Waals surface area contributed by atoms with Crippen molar-refractivity contribution in [2.45, 2.75) is 9.79 Å². The maximum atomic E-state index is 13.0. The molecule has 6 rings (SSSR count). The molecule has 0 aliphatic carbocycles. The number of amides is 1. The standard InChI is InChI=1S/C28H21N5OS2/c34-27(19-32-22-11-4-6-13-24(22)36-25-14-7-5-12-23(25)32)30-29-17-20-18-33(21-9-2-1-3-10-21)31-28(20)26-15-8-16-35-26/h1-18H,19H2,(H,30,34)/b29-17+. The van der Waals surface area contributed by atoms with Gasteiger partial charge in [0, 0.05) is 21.6 Å². The van der Waals surface area contributed by atoms with Crippen molar-refractivity contribution >= 4 is 46.6 Å². The molecule has 2 aromatic heterocycles. The third-order valence-electron chi connectivity index (χ3n) is 5.74. The summed E-state index contributed by atoms with van der Waals surface area (Å²) in [6.45, 7) is 0.160. The van der Waals surface area contributed by atoms with Crippen LogP contribution < -0.4 is 10.3 Å². The Morgan fingerprint density at radius 2 is 1.58 bits per heavy atom. The number of para-hydroxylation sites is 3. The lowest BCUT2D eigenvalue weighted by molar-refractivity contribution is -0.119. The molecule has 3 aromatic carbocycles. The van der Waals surface area contributed by atoms with Crippen LogP contribution in [0.3, 0.4) is 0 Å². The normalized spacial score (nSPS) is 12.4. The van der Waals surface area contributed by atoms with E-state index in [1.807, 2.05) is 100 Å². The second-order valence-electron chi connectivity index (χ2n) is 8.11. The highest BCUT2D eigenvalue weighted by atomic mass is 32.2. The van der Waals surface area contributed by atoms with E-state index in [9.17, 15) is 4.79 Å². The topological polar surface area (TPSA) is 62.5 Å². The molecule has 1 aliphatic rings. The van der Waals surface area contributed by atoms with Gasteiger partial charge in [0.2, 0.25) is 0 Å². The molecule has 0 radical (unpaired) electrons. The van der Waals surface area contributed by atoms with E-state index in [2.05, 4.69) is 22.7 Å². The highest BCUT2D eigenvalue weighted by molar-refractivity contribution is 7.99. The fraction of sp³-hybridized carbons (Fsp3) is 0.0357. The van der Waals surface area contributed by atoms with Crippen molar-refractivity contribution in [3.05, 3.63) is 108 Å². The van der Waals surface area contributed by atoms with E-state index in [0.29, 0.717) is 0 Å². The second kappa shape index (κ2) is 9.85. The van der Waals surface area contributed by atoms with Gasteiger partial charge in [0.25, 0.3) is 5.91 Å². The highest BCUT2D eigenvalue weighted by Crippen LogP contribution is 2.47. The van der Waals surface area contributed by atoms with Gasteiger partial charge in [-0.3, -0.25) is 4.79 Å². The minimum absolute atomic E-state index is 0.160. The lowest BCUT2D eigenvalue weighted by Crippen LogP contribution is -2.33. The monoisotopic (exact) mass is 507 g/mol. The number of benzene rings is 3. The number of nitrogens with one attached hydrogen (secondary N) is 1. The van der Waals surface area contributed by atoms with E-state index in [0.717, 1.165) is 43.0 Å². The van der Waals surface area contributed by atoms with Gasteiger partial charge >= 0.3 is 0 Å². The van der Waals surface area contributed by atoms with Gasteiger partial charge in [-0.15, -0.1) is 11.3 Å². The first-order chi connectivity index (χ1) is 17.8. The van der Waals surface area contributed by atoms with Crippen LogP contribution in [0, 0.1) is 0 Å². The van der Waals surface area contributed by atoms with Gasteiger partial charge in [-0.1, -0.05) is 60.3 Å². The zero-order valence-corrected chi connectivity index (χ0v) is 20.7. The summed E-state index contributed by atoms with van der Waals surface area (Å²) in [5.74, 6) is -0.198. The Kier molecular flexibility index (Phi) is 6.11. The largest absolute Gasteiger partial charge is 0.330 e. The number of rotatable bonds is 6. The van der Waals surface area contributed by atoms with Gasteiger partial charge in [-0.25, -0.2) is 10.1 Å². The first-order valence-electron chi connectivity index (χ1n) is 11.4. The molecule has 0 fully saturated rings. The maximum absolute atomic E-state index is 13.0. The Morgan fingerprint density at radius 3 is 2.28 bits per heavy atom. The summed E-state index contributed by atoms with van der Waals surface area (Å²) in [6, 6.07) is 30.2. The third-order valence-corrected chi connectivity index (χ3v) is 7.75. The number of fused-ring (bicyclic) bond motifs is 2. The molecule has 8 heteroatoms. The third kappa shape index (κ3) is 4.44. The van der Waals surface area contributed by atoms with Gasteiger partial charge in [-0.2, -0.15) is 10.2 Å². The molecule has 36 heavy (non-hydrogen) atoms. The van der Waals surface area contributed by atoms with Crippen LogP contribution in [0.4, 0.5) is 11.4 Å². The van der Waals surface area contributed by atoms with Crippen LogP contribution in [0.2, 0.25) is 0 Å². The molecule has 6 nitrogen and oxygen atoms in total. The van der Waals surface area contributed by atoms with Gasteiger partial charge in [0.15, 0.2) is 0 Å². The Bertz CT molecular complexity index is 1500. The van der Waals surface area contributed by atoms with Crippen molar-refractivity contribution in [1.29, 1.82) is 0 Å². The molecule has 1 amide bonds. The van der Waals surface area contributed by atoms with Gasteiger partial charge < -0.3 is 4.90 Å². The number of thiophene rings is 1. The molecule has 1 N–H and O–H groups in total. The number of hydrazone groups is 1. The van der Waals surface area contributed by atoms with E-state index in [-0.39, 0.29) is 12.5 Å². The molecule has 3 heterocycles. The van der Waals surface area contributed by atoms with Crippen LogP contribution in [0.1, 0.15) is 5.56 Å². The van der Waals surface area contributed by atoms with Crippen LogP contribution in [-0.4, -0.2) is 28.4 Å². The zero-order valence-electron chi connectivity index (χ0n) is 19.1. The van der Waals surface area contributed by atoms with E-state index in [1.54, 1.807) is 29.3 Å². The Balaban J connectivity index is 1.23. The summed E-state index contributed by atoms with van der Waals surface area (Å²) < 4.78 is 1.83. The summed E-state index contributed by atoms with van der Waals surface area (Å²) in [5, 5.41) is 11.1. The highest BCUT2D eigenvalue weighted by Gasteiger charge is 2.24. The molecule has 0 atom stereocenters. The molecule has 0 unspecified atom stereocenters. The van der Waals surface area contributed by atoms with Crippen molar-refractivity contribution < 1.29 is 4.79 Å². The van der Waals surface area contributed by atoms with Crippen LogP contribution in [0.15, 0.2) is 117 Å². The second-order valence-corrected chi connectivity index (χ2v) is 10.1. The number of carbonyl (C=O) groups is 1. The van der Waals surface area contributed by atoms with Crippen molar-refractivity contribution in [1.82, 2.24) is 15.2 Å². The van der Waals surface area contributed by atoms with Crippen LogP contribution in [0.5, 0.6) is 0 Å². The Morgan fingerprint density at radius 1 is 0.889 bits per heavy atom. The summed E-state index contributed by atoms with van der Waals surface area (Å²) in [4.78, 5) is 18.3. The average Bonchev–Trinajstić information content (AvgIpc) is 3.59. The van der Waals surface area contributed by atoms with Crippen molar-refractivity contribution in [2.24, 2.45) is 5.10 Å². The predicted molar refractivity (Wildman–Crippen MR) is 147 cm³/mol. The van der Waals surface area contributed by atoms with Crippen LogP contribution >= 0.6 is 23.1 Å². The fourth-order valence-electron chi connectivity index (χ4n) is 4.10. The lowest BCUT2D eigenvalue weighted by Gasteiger charge is -2.31. The number of anilines is 2. The smallest absolute Gasteiger partial charge is 0.260 e. The van der Waals surface area contributed by atoms with E-state index < -0.39 is 0 Å². The predicted octanol–water partition coefficient (Wildman–Crippen LogP) is 6.35. The summed E-state index contributed by atoms with van der Waals surface area (Å²) in [5.41, 5.74) is 7.35. The van der Waals surface area contributed by atoms with Crippen molar-refractivity contribution in [3.63, 3.8) is 0 Å².